The second kappa shape index (κ2) is 55.2. The largest absolute Gasteiger partial charge is 0.494 e. The summed E-state index contributed by atoms with van der Waals surface area (Å²) in [5, 5.41) is 6.07. The van der Waals surface area contributed by atoms with Crippen molar-refractivity contribution in [3.63, 3.8) is 0 Å². The zero-order valence-corrected chi connectivity index (χ0v) is 78.4. The summed E-state index contributed by atoms with van der Waals surface area (Å²) in [5.41, 5.74) is 22.3. The number of benzene rings is 10. The molecule has 0 amide bonds. The van der Waals surface area contributed by atoms with Crippen LogP contribution < -0.4 is 4.74 Å². The molecule has 0 unspecified atom stereocenters. The van der Waals surface area contributed by atoms with Crippen LogP contribution in [0.25, 0.3) is 109 Å². The first-order valence-corrected chi connectivity index (χ1v) is 50.5. The number of hydrogen-bond donors (Lipinski definition) is 0. The Labute approximate surface area is 755 Å². The van der Waals surface area contributed by atoms with Gasteiger partial charge in [0.1, 0.15) is 10.8 Å². The molecule has 0 atom stereocenters. The summed E-state index contributed by atoms with van der Waals surface area (Å²) in [4.78, 5) is 25.4. The second-order valence-electron chi connectivity index (χ2n) is 34.7. The van der Waals surface area contributed by atoms with E-state index in [4.69, 9.17) is 24.7 Å². The molecule has 0 spiro atoms. The molecule has 0 saturated carbocycles. The van der Waals surface area contributed by atoms with Crippen LogP contribution in [0, 0.1) is 6.92 Å². The van der Waals surface area contributed by atoms with Crippen LogP contribution in [-0.4, -0.2) is 37.3 Å². The van der Waals surface area contributed by atoms with E-state index in [0.717, 1.165) is 93.3 Å². The van der Waals surface area contributed by atoms with Crippen molar-refractivity contribution in [1.82, 2.24) is 24.9 Å². The van der Waals surface area contributed by atoms with E-state index in [1.165, 1.54) is 324 Å². The number of thioether (sulfide) groups is 1. The Morgan fingerprint density at radius 2 is 0.669 bits per heavy atom. The molecule has 0 radical (unpaired) electrons. The third-order valence-corrected chi connectivity index (χ3v) is 26.4. The molecule has 0 bridgehead atoms. The molecule has 6 nitrogen and oxygen atoms in total. The number of nitrogens with zero attached hydrogens (tertiary/aromatic N) is 5. The van der Waals surface area contributed by atoms with Gasteiger partial charge in [-0.1, -0.05) is 391 Å². The molecule has 124 heavy (non-hydrogen) atoms. The summed E-state index contributed by atoms with van der Waals surface area (Å²) in [5.74, 6) is 2.20. The van der Waals surface area contributed by atoms with E-state index in [1.807, 2.05) is 42.2 Å². The van der Waals surface area contributed by atoms with Crippen molar-refractivity contribution < 1.29 is 4.74 Å². The minimum atomic E-state index is 0.797. The van der Waals surface area contributed by atoms with Gasteiger partial charge in [-0.2, -0.15) is 0 Å². The molecule has 8 heteroatoms. The van der Waals surface area contributed by atoms with Crippen LogP contribution >= 0.6 is 23.1 Å². The molecule has 0 N–H and O–H groups in total. The molecule has 14 aromatic rings. The Balaban J connectivity index is 0.000000162. The monoisotopic (exact) mass is 1690 g/mol. The Hall–Kier alpha value is -9.34. The van der Waals surface area contributed by atoms with E-state index in [0.29, 0.717) is 0 Å². The summed E-state index contributed by atoms with van der Waals surface area (Å²) >= 11 is 3.80. The van der Waals surface area contributed by atoms with Gasteiger partial charge < -0.3 is 4.74 Å². The second-order valence-corrected chi connectivity index (χ2v) is 36.9. The predicted molar refractivity (Wildman–Crippen MR) is 543 cm³/mol. The Morgan fingerprint density at radius 3 is 1.19 bits per heavy atom. The van der Waals surface area contributed by atoms with Gasteiger partial charge in [0.25, 0.3) is 0 Å². The maximum absolute atomic E-state index is 5.84. The molecule has 4 aromatic heterocycles. The quantitative estimate of drug-likeness (QED) is 0.0278. The maximum Gasteiger partial charge on any atom is 0.124 e. The van der Waals surface area contributed by atoms with Gasteiger partial charge in [-0.25, -0.2) is 19.9 Å². The number of aryl methyl sites for hydroxylation is 5. The smallest absolute Gasteiger partial charge is 0.124 e. The number of fused-ring (bicyclic) bond motifs is 5. The first-order valence-electron chi connectivity index (χ1n) is 48.7. The summed E-state index contributed by atoms with van der Waals surface area (Å²) in [6.07, 6.45) is 55.2. The lowest BCUT2D eigenvalue weighted by Gasteiger charge is -2.09. The zero-order chi connectivity index (χ0) is 86.2. The van der Waals surface area contributed by atoms with Gasteiger partial charge in [-0.05, 0) is 217 Å². The number of aromatic nitrogens is 5. The van der Waals surface area contributed by atoms with Gasteiger partial charge in [-0.3, -0.25) is 4.98 Å². The Bertz CT molecular complexity index is 5240. The highest BCUT2D eigenvalue weighted by Gasteiger charge is 2.13. The lowest BCUT2D eigenvalue weighted by molar-refractivity contribution is 0.310. The number of hydrogen-bond acceptors (Lipinski definition) is 8. The Kier molecular flexibility index (Phi) is 42.4. The minimum absolute atomic E-state index is 0.797. The van der Waals surface area contributed by atoms with Gasteiger partial charge >= 0.3 is 0 Å². The van der Waals surface area contributed by atoms with Crippen molar-refractivity contribution in [2.45, 2.75) is 310 Å². The Morgan fingerprint density at radius 1 is 0.274 bits per heavy atom. The van der Waals surface area contributed by atoms with Crippen molar-refractivity contribution in [3.05, 3.63) is 271 Å². The molecule has 0 aliphatic carbocycles. The normalized spacial score (nSPS) is 11.3. The van der Waals surface area contributed by atoms with E-state index < -0.39 is 0 Å². The van der Waals surface area contributed by atoms with Crippen LogP contribution in [0.2, 0.25) is 0 Å². The molecule has 4 heterocycles. The van der Waals surface area contributed by atoms with Crippen LogP contribution in [0.4, 0.5) is 0 Å². The van der Waals surface area contributed by atoms with Crippen LogP contribution in [-0.2, 0) is 25.7 Å². The topological polar surface area (TPSA) is 73.7 Å². The van der Waals surface area contributed by atoms with E-state index in [2.05, 4.69) is 266 Å². The van der Waals surface area contributed by atoms with Gasteiger partial charge in [0.05, 0.1) is 62.2 Å². The van der Waals surface area contributed by atoms with Gasteiger partial charge in [0, 0.05) is 26.8 Å². The van der Waals surface area contributed by atoms with Crippen molar-refractivity contribution in [2.24, 2.45) is 0 Å². The van der Waals surface area contributed by atoms with Crippen LogP contribution in [0.5, 0.6) is 5.75 Å². The van der Waals surface area contributed by atoms with E-state index >= 15 is 0 Å². The van der Waals surface area contributed by atoms with E-state index in [1.54, 1.807) is 11.3 Å². The number of pyridine rings is 2. The molecule has 0 aliphatic rings. The predicted octanol–water partition coefficient (Wildman–Crippen LogP) is 36.0. The number of unbranched alkanes of at least 4 members (excludes halogenated alkanes) is 30. The fourth-order valence-electron chi connectivity index (χ4n) is 16.5. The van der Waals surface area contributed by atoms with E-state index in [-0.39, 0.29) is 0 Å². The van der Waals surface area contributed by atoms with Crippen molar-refractivity contribution in [2.75, 3.05) is 12.4 Å². The van der Waals surface area contributed by atoms with Crippen molar-refractivity contribution in [3.8, 4) is 61.2 Å². The molecular weight excluding hydrogens is 1540 g/mol. The molecule has 652 valence electrons. The lowest BCUT2D eigenvalue weighted by Crippen LogP contribution is -1.96. The average molecular weight is 1690 g/mol. The highest BCUT2D eigenvalue weighted by atomic mass is 32.2. The molecule has 0 saturated heterocycles. The molecule has 0 fully saturated rings. The third-order valence-electron chi connectivity index (χ3n) is 24.3. The average Bonchev–Trinajstić information content (AvgIpc) is 1.15. The summed E-state index contributed by atoms with van der Waals surface area (Å²) in [6, 6.07) is 85.5. The highest BCUT2D eigenvalue weighted by molar-refractivity contribution is 7.99. The first-order chi connectivity index (χ1) is 61.1. The number of ether oxygens (including phenoxy) is 1. The van der Waals surface area contributed by atoms with Crippen LogP contribution in [0.3, 0.4) is 0 Å². The van der Waals surface area contributed by atoms with E-state index in [9.17, 15) is 0 Å². The first kappa shape index (κ1) is 95.3. The maximum atomic E-state index is 5.84. The third kappa shape index (κ3) is 32.6. The van der Waals surface area contributed by atoms with Gasteiger partial charge in [0.15, 0.2) is 0 Å². The van der Waals surface area contributed by atoms with Crippen LogP contribution in [0.1, 0.15) is 301 Å². The van der Waals surface area contributed by atoms with Crippen molar-refractivity contribution in [1.29, 1.82) is 0 Å². The SMILES string of the molecule is CCCCCCCCCCCCSc1ccc2nc(-c3ccc(C)cc3)sc2c1.CCCCCCCCc1ccc(-c2ccc(-c3cnc4ccccc4n3)cc2)cc1.CCCCCCCCc1ccc(-c2ccc3cc(OCCCC)ccc3c2)cc1.CCCCCCCCc1ccc2nc(-c3ccc4cc(CCCCCCCC)ccc4n3)ccc2c1. The fraction of sp³-hybridized carbons (Fsp3) is 0.422. The minimum Gasteiger partial charge on any atom is -0.494 e. The molecule has 10 aromatic carbocycles. The van der Waals surface area contributed by atoms with Crippen molar-refractivity contribution >= 4 is 76.9 Å². The number of para-hydroxylation sites is 2. The summed E-state index contributed by atoms with van der Waals surface area (Å²) < 4.78 is 7.14. The molecule has 14 rings (SSSR count). The fourth-order valence-corrected chi connectivity index (χ4v) is 18.5. The lowest BCUT2D eigenvalue weighted by atomic mass is 9.98. The number of thiazole rings is 1. The van der Waals surface area contributed by atoms with Gasteiger partial charge in [-0.15, -0.1) is 23.1 Å². The standard InChI is InChI=1S/C34H44N2.C28H30N2.C28H36O.C26H35NS2/c1-3-5-7-9-11-13-15-27-17-21-31-29(25-27)19-23-33(35-31)34-24-20-30-26-28(18-22-32(30)36-34)16-14-12-10-8-6-4-2;1-2-3-4-5-6-7-10-22-13-15-23(16-14-22)24-17-19-25(20-18-24)28-21-29-26-11-8-9-12-27(26)30-28;1-3-5-7-8-9-10-11-23-12-14-24(15-13-23)25-16-17-27-22-28(29-20-6-4-2)19-18-26(27)21-25;1-3-4-5-6-7-8-9-10-11-12-19-28-23-17-18-24-25(20-23)29-26(27-24)22-15-13-21(2)14-16-22/h17-26H,3-16H2,1-2H3;8-9,11-21H,2-7,10H2,1H3;12-19,21-22H,3-11,20H2,1-2H3;13-18,20H,3-12,19H2,1-2H3. The zero-order valence-electron chi connectivity index (χ0n) is 76.8. The summed E-state index contributed by atoms with van der Waals surface area (Å²) in [7, 11) is 0. The number of rotatable bonds is 49. The highest BCUT2D eigenvalue weighted by Crippen LogP contribution is 2.36. The van der Waals surface area contributed by atoms with Crippen LogP contribution in [0.15, 0.2) is 248 Å². The molecule has 0 aliphatic heterocycles. The summed E-state index contributed by atoms with van der Waals surface area (Å²) in [6.45, 7) is 16.5. The molecular formula is C116H145N5OS2. The van der Waals surface area contributed by atoms with Gasteiger partial charge in [0.2, 0.25) is 0 Å².